The number of aromatic nitrogens is 2. The van der Waals surface area contributed by atoms with Crippen molar-refractivity contribution in [2.45, 2.75) is 0 Å². The Balaban J connectivity index is 1.63. The van der Waals surface area contributed by atoms with Crippen LogP contribution in [-0.4, -0.2) is 48.9 Å². The van der Waals surface area contributed by atoms with Gasteiger partial charge in [0.15, 0.2) is 5.82 Å². The Kier molecular flexibility index (Phi) is 5.03. The highest BCUT2D eigenvalue weighted by atomic mass is 32.2. The normalized spacial score (nSPS) is 15.7. The number of hydrogen-bond donors (Lipinski definition) is 1. The van der Waals surface area contributed by atoms with Crippen molar-refractivity contribution in [2.75, 3.05) is 31.1 Å². The van der Waals surface area contributed by atoms with Crippen LogP contribution in [0.3, 0.4) is 0 Å². The van der Waals surface area contributed by atoms with Crippen molar-refractivity contribution in [2.24, 2.45) is 5.14 Å². The monoisotopic (exact) mass is 457 g/mol. The molecule has 1 aromatic carbocycles. The van der Waals surface area contributed by atoms with E-state index in [1.807, 2.05) is 35.7 Å². The molecule has 0 radical (unpaired) electrons. The van der Waals surface area contributed by atoms with Gasteiger partial charge < -0.3 is 4.90 Å². The van der Waals surface area contributed by atoms with Crippen molar-refractivity contribution in [1.29, 1.82) is 0 Å². The molecular formula is C20H19N5O2S3. The molecule has 154 valence electrons. The topological polar surface area (TPSA) is 92.4 Å². The van der Waals surface area contributed by atoms with Gasteiger partial charge in [0.2, 0.25) is 0 Å². The number of nitrogens with zero attached hydrogens (tertiary/aromatic N) is 4. The standard InChI is InChI=1S/C20H19N5O2S3/c21-30(26,27)25-10-8-24(9-11-25)19-17-15(14-5-2-1-3-6-14)13-29-20(17)23-18(22-19)16-7-4-12-28-16/h1-7,12-13H,8-11H2,(H2,21,26,27). The van der Waals surface area contributed by atoms with E-state index in [0.717, 1.165) is 32.0 Å². The third-order valence-electron chi connectivity index (χ3n) is 5.14. The first-order valence-corrected chi connectivity index (χ1v) is 12.7. The average Bonchev–Trinajstić information content (AvgIpc) is 3.43. The van der Waals surface area contributed by atoms with Gasteiger partial charge in [-0.3, -0.25) is 0 Å². The molecular weight excluding hydrogens is 438 g/mol. The number of anilines is 1. The molecule has 1 aliphatic heterocycles. The van der Waals surface area contributed by atoms with Crippen LogP contribution in [0.1, 0.15) is 0 Å². The molecule has 1 saturated heterocycles. The van der Waals surface area contributed by atoms with E-state index in [9.17, 15) is 8.42 Å². The first-order valence-electron chi connectivity index (χ1n) is 9.42. The van der Waals surface area contributed by atoms with Crippen molar-refractivity contribution in [3.05, 3.63) is 53.2 Å². The van der Waals surface area contributed by atoms with Crippen LogP contribution in [0.15, 0.2) is 53.2 Å². The first kappa shape index (κ1) is 19.6. The van der Waals surface area contributed by atoms with E-state index in [1.54, 1.807) is 22.7 Å². The molecule has 0 unspecified atom stereocenters. The van der Waals surface area contributed by atoms with Crippen molar-refractivity contribution in [3.63, 3.8) is 0 Å². The molecule has 10 heteroatoms. The van der Waals surface area contributed by atoms with Crippen LogP contribution in [0.25, 0.3) is 32.0 Å². The molecule has 0 spiro atoms. The zero-order chi connectivity index (χ0) is 20.7. The average molecular weight is 458 g/mol. The smallest absolute Gasteiger partial charge is 0.277 e. The van der Waals surface area contributed by atoms with E-state index < -0.39 is 10.2 Å². The largest absolute Gasteiger partial charge is 0.353 e. The lowest BCUT2D eigenvalue weighted by Gasteiger charge is -2.34. The van der Waals surface area contributed by atoms with E-state index in [4.69, 9.17) is 15.1 Å². The minimum atomic E-state index is -3.68. The summed E-state index contributed by atoms with van der Waals surface area (Å²) in [6.07, 6.45) is 0. The molecule has 2 N–H and O–H groups in total. The van der Waals surface area contributed by atoms with Crippen LogP contribution < -0.4 is 10.0 Å². The molecule has 30 heavy (non-hydrogen) atoms. The highest BCUT2D eigenvalue weighted by Crippen LogP contribution is 2.40. The Bertz CT molecular complexity index is 1280. The maximum Gasteiger partial charge on any atom is 0.277 e. The molecule has 0 aliphatic carbocycles. The van der Waals surface area contributed by atoms with Gasteiger partial charge in [0.1, 0.15) is 10.6 Å². The van der Waals surface area contributed by atoms with Gasteiger partial charge in [0, 0.05) is 37.1 Å². The fourth-order valence-corrected chi connectivity index (χ4v) is 5.92. The fourth-order valence-electron chi connectivity index (χ4n) is 3.65. The van der Waals surface area contributed by atoms with Crippen molar-refractivity contribution >= 4 is 48.9 Å². The zero-order valence-corrected chi connectivity index (χ0v) is 18.4. The van der Waals surface area contributed by atoms with Gasteiger partial charge in [-0.15, -0.1) is 22.7 Å². The SMILES string of the molecule is NS(=O)(=O)N1CCN(c2nc(-c3cccs3)nc3scc(-c4ccccc4)c23)CC1. The van der Waals surface area contributed by atoms with E-state index >= 15 is 0 Å². The van der Waals surface area contributed by atoms with E-state index in [2.05, 4.69) is 22.4 Å². The van der Waals surface area contributed by atoms with Crippen LogP contribution in [-0.2, 0) is 10.2 Å². The number of piperazine rings is 1. The van der Waals surface area contributed by atoms with Crippen molar-refractivity contribution in [3.8, 4) is 21.8 Å². The van der Waals surface area contributed by atoms with Gasteiger partial charge >= 0.3 is 0 Å². The summed E-state index contributed by atoms with van der Waals surface area (Å²) in [5.41, 5.74) is 2.21. The molecule has 5 rings (SSSR count). The molecule has 0 saturated carbocycles. The number of hydrogen-bond acceptors (Lipinski definition) is 7. The Morgan fingerprint density at radius 1 is 0.933 bits per heavy atom. The predicted octanol–water partition coefficient (Wildman–Crippen LogP) is 3.41. The lowest BCUT2D eigenvalue weighted by Crippen LogP contribution is -2.51. The highest BCUT2D eigenvalue weighted by Gasteiger charge is 2.27. The molecule has 4 aromatic rings. The summed E-state index contributed by atoms with van der Waals surface area (Å²) in [6.45, 7) is 1.72. The van der Waals surface area contributed by atoms with Gasteiger partial charge in [0.05, 0.1) is 10.3 Å². The first-order chi connectivity index (χ1) is 14.5. The van der Waals surface area contributed by atoms with Gasteiger partial charge in [0.25, 0.3) is 10.2 Å². The molecule has 3 aromatic heterocycles. The van der Waals surface area contributed by atoms with Gasteiger partial charge in [-0.05, 0) is 17.0 Å². The molecule has 1 aliphatic rings. The predicted molar refractivity (Wildman–Crippen MR) is 123 cm³/mol. The lowest BCUT2D eigenvalue weighted by atomic mass is 10.1. The number of thiophene rings is 2. The minimum absolute atomic E-state index is 0.337. The molecule has 0 atom stereocenters. The molecule has 0 bridgehead atoms. The van der Waals surface area contributed by atoms with Crippen LogP contribution in [0.4, 0.5) is 5.82 Å². The van der Waals surface area contributed by atoms with Crippen molar-refractivity contribution < 1.29 is 8.42 Å². The maximum absolute atomic E-state index is 11.7. The lowest BCUT2D eigenvalue weighted by molar-refractivity contribution is 0.385. The second-order valence-electron chi connectivity index (χ2n) is 6.97. The quantitative estimate of drug-likeness (QED) is 0.507. The van der Waals surface area contributed by atoms with Crippen LogP contribution in [0.5, 0.6) is 0 Å². The number of benzene rings is 1. The van der Waals surface area contributed by atoms with Crippen LogP contribution >= 0.6 is 22.7 Å². The summed E-state index contributed by atoms with van der Waals surface area (Å²) in [5, 5.41) is 10.5. The third kappa shape index (κ3) is 3.61. The number of nitrogens with two attached hydrogens (primary N) is 1. The second kappa shape index (κ2) is 7.71. The van der Waals surface area contributed by atoms with E-state index in [0.29, 0.717) is 32.0 Å². The highest BCUT2D eigenvalue weighted by molar-refractivity contribution is 7.86. The van der Waals surface area contributed by atoms with Gasteiger partial charge in [-0.1, -0.05) is 36.4 Å². The minimum Gasteiger partial charge on any atom is -0.353 e. The second-order valence-corrected chi connectivity index (χ2v) is 10.3. The summed E-state index contributed by atoms with van der Waals surface area (Å²) in [5.74, 6) is 1.54. The Labute approximate surface area is 182 Å². The summed E-state index contributed by atoms with van der Waals surface area (Å²) < 4.78 is 24.7. The van der Waals surface area contributed by atoms with E-state index in [-0.39, 0.29) is 0 Å². The van der Waals surface area contributed by atoms with Crippen molar-refractivity contribution in [1.82, 2.24) is 14.3 Å². The number of rotatable bonds is 4. The fraction of sp³-hybridized carbons (Fsp3) is 0.200. The van der Waals surface area contributed by atoms with Crippen LogP contribution in [0.2, 0.25) is 0 Å². The maximum atomic E-state index is 11.7. The zero-order valence-electron chi connectivity index (χ0n) is 15.9. The molecule has 4 heterocycles. The summed E-state index contributed by atoms with van der Waals surface area (Å²) >= 11 is 3.21. The molecule has 0 amide bonds. The number of fused-ring (bicyclic) bond motifs is 1. The van der Waals surface area contributed by atoms with E-state index in [1.165, 1.54) is 4.31 Å². The Morgan fingerprint density at radius 2 is 1.70 bits per heavy atom. The van der Waals surface area contributed by atoms with Gasteiger partial charge in [-0.2, -0.15) is 12.7 Å². The third-order valence-corrected chi connectivity index (χ3v) is 7.96. The Hall–Kier alpha value is -2.37. The summed E-state index contributed by atoms with van der Waals surface area (Å²) in [7, 11) is -3.68. The summed E-state index contributed by atoms with van der Waals surface area (Å²) in [6, 6.07) is 14.2. The molecule has 1 fully saturated rings. The summed E-state index contributed by atoms with van der Waals surface area (Å²) in [4.78, 5) is 13.9. The van der Waals surface area contributed by atoms with Gasteiger partial charge in [-0.25, -0.2) is 15.1 Å². The molecule has 7 nitrogen and oxygen atoms in total. The van der Waals surface area contributed by atoms with Crippen LogP contribution in [0, 0.1) is 0 Å². The Morgan fingerprint density at radius 3 is 2.37 bits per heavy atom.